The zero-order valence-electron chi connectivity index (χ0n) is 13.9. The van der Waals surface area contributed by atoms with Gasteiger partial charge in [-0.25, -0.2) is 0 Å². The van der Waals surface area contributed by atoms with Crippen molar-refractivity contribution in [3.63, 3.8) is 0 Å². The number of hydrogen-bond donors (Lipinski definition) is 1. The number of pyridine rings is 1. The summed E-state index contributed by atoms with van der Waals surface area (Å²) in [4.78, 5) is 30.0. The number of nitro benzene ring substituents is 1. The maximum Gasteiger partial charge on any atom is 0.269 e. The third-order valence-corrected chi connectivity index (χ3v) is 4.53. The van der Waals surface area contributed by atoms with Gasteiger partial charge in [-0.1, -0.05) is 12.1 Å². The number of hydrogen-bond acceptors (Lipinski definition) is 4. The van der Waals surface area contributed by atoms with Gasteiger partial charge in [0.05, 0.1) is 37.5 Å². The summed E-state index contributed by atoms with van der Waals surface area (Å²) in [5.41, 5.74) is 2.11. The Morgan fingerprint density at radius 3 is 2.32 bits per heavy atom. The average Bonchev–Trinajstić information content (AvgIpc) is 2.63. The van der Waals surface area contributed by atoms with Gasteiger partial charge in [0.2, 0.25) is 5.91 Å². The molecular weight excluding hydrogens is 320 g/mol. The summed E-state index contributed by atoms with van der Waals surface area (Å²) in [6, 6.07) is 10.2. The first kappa shape index (κ1) is 17.0. The zero-order valence-corrected chi connectivity index (χ0v) is 13.9. The molecule has 25 heavy (non-hydrogen) atoms. The minimum atomic E-state index is -0.434. The molecule has 1 aromatic heterocycles. The number of amides is 1. The van der Waals surface area contributed by atoms with Crippen molar-refractivity contribution in [2.24, 2.45) is 0 Å². The molecule has 1 aliphatic heterocycles. The monoisotopic (exact) mass is 341 g/mol. The first-order valence-corrected chi connectivity index (χ1v) is 8.35. The molecule has 7 nitrogen and oxygen atoms in total. The Kier molecular flexibility index (Phi) is 5.35. The van der Waals surface area contributed by atoms with E-state index in [1.165, 1.54) is 22.6 Å². The van der Waals surface area contributed by atoms with Crippen molar-refractivity contribution in [3.05, 3.63) is 70.0 Å². The second-order valence-corrected chi connectivity index (χ2v) is 6.26. The van der Waals surface area contributed by atoms with Crippen LogP contribution >= 0.6 is 0 Å². The van der Waals surface area contributed by atoms with Crippen LogP contribution in [0.2, 0.25) is 0 Å². The molecule has 1 saturated heterocycles. The number of rotatable bonds is 5. The van der Waals surface area contributed by atoms with Crippen LogP contribution in [0.5, 0.6) is 0 Å². The number of aromatic nitrogens is 1. The van der Waals surface area contributed by atoms with Crippen LogP contribution in [0.25, 0.3) is 0 Å². The van der Waals surface area contributed by atoms with Gasteiger partial charge in [0.1, 0.15) is 6.54 Å². The van der Waals surface area contributed by atoms with E-state index in [4.69, 9.17) is 0 Å². The molecule has 0 aliphatic carbocycles. The summed E-state index contributed by atoms with van der Waals surface area (Å²) in [5.74, 6) is 0.0804. The third-order valence-electron chi connectivity index (χ3n) is 4.53. The highest BCUT2D eigenvalue weighted by molar-refractivity contribution is 5.78. The van der Waals surface area contributed by atoms with Crippen molar-refractivity contribution in [1.82, 2.24) is 9.88 Å². The van der Waals surface area contributed by atoms with Gasteiger partial charge in [-0.15, -0.1) is 0 Å². The summed E-state index contributed by atoms with van der Waals surface area (Å²) in [5, 5.41) is 10.7. The quantitative estimate of drug-likeness (QED) is 0.633. The van der Waals surface area contributed by atoms with Gasteiger partial charge in [0, 0.05) is 30.1 Å². The van der Waals surface area contributed by atoms with E-state index < -0.39 is 4.92 Å². The fourth-order valence-corrected chi connectivity index (χ4v) is 3.06. The number of benzene rings is 1. The third kappa shape index (κ3) is 4.60. The van der Waals surface area contributed by atoms with Gasteiger partial charge in [0.15, 0.2) is 0 Å². The Hall–Kier alpha value is -2.80. The first-order chi connectivity index (χ1) is 12.1. The number of nitrogens with zero attached hydrogens (tertiary/aromatic N) is 3. The molecule has 1 amide bonds. The lowest BCUT2D eigenvalue weighted by Gasteiger charge is -2.32. The van der Waals surface area contributed by atoms with Crippen LogP contribution in [0.15, 0.2) is 48.8 Å². The lowest BCUT2D eigenvalue weighted by molar-refractivity contribution is -0.917. The molecule has 130 valence electrons. The lowest BCUT2D eigenvalue weighted by Crippen LogP contribution is -3.13. The van der Waals surface area contributed by atoms with Crippen molar-refractivity contribution < 1.29 is 14.6 Å². The van der Waals surface area contributed by atoms with Crippen LogP contribution in [0.1, 0.15) is 11.1 Å². The Labute approximate surface area is 146 Å². The van der Waals surface area contributed by atoms with Gasteiger partial charge in [-0.3, -0.25) is 19.9 Å². The minimum Gasteiger partial charge on any atom is -0.331 e. The highest BCUT2D eigenvalue weighted by Gasteiger charge is 2.23. The van der Waals surface area contributed by atoms with E-state index in [9.17, 15) is 14.9 Å². The Balaban J connectivity index is 1.49. The summed E-state index contributed by atoms with van der Waals surface area (Å²) >= 11 is 0. The molecule has 2 aromatic rings. The van der Waals surface area contributed by atoms with Gasteiger partial charge < -0.3 is 9.80 Å². The zero-order chi connectivity index (χ0) is 17.6. The number of piperazine rings is 1. The summed E-state index contributed by atoms with van der Waals surface area (Å²) < 4.78 is 0. The van der Waals surface area contributed by atoms with Crippen molar-refractivity contribution in [2.45, 2.75) is 13.0 Å². The van der Waals surface area contributed by atoms with Crippen LogP contribution < -0.4 is 4.90 Å². The fraction of sp³-hybridized carbons (Fsp3) is 0.333. The molecule has 0 saturated carbocycles. The molecule has 3 rings (SSSR count). The lowest BCUT2D eigenvalue weighted by atomic mass is 10.1. The van der Waals surface area contributed by atoms with E-state index in [1.54, 1.807) is 24.5 Å². The molecule has 1 N–H and O–H groups in total. The van der Waals surface area contributed by atoms with E-state index >= 15 is 0 Å². The molecule has 0 bridgehead atoms. The number of nitro groups is 1. The van der Waals surface area contributed by atoms with Gasteiger partial charge in [-0.2, -0.15) is 0 Å². The van der Waals surface area contributed by atoms with Crippen LogP contribution in [-0.4, -0.2) is 46.9 Å². The van der Waals surface area contributed by atoms with E-state index in [1.807, 2.05) is 17.0 Å². The second kappa shape index (κ2) is 7.85. The second-order valence-electron chi connectivity index (χ2n) is 6.26. The highest BCUT2D eigenvalue weighted by Crippen LogP contribution is 2.13. The van der Waals surface area contributed by atoms with Crippen LogP contribution in [0.4, 0.5) is 5.69 Å². The van der Waals surface area contributed by atoms with E-state index in [0.717, 1.165) is 38.3 Å². The van der Waals surface area contributed by atoms with E-state index in [-0.39, 0.29) is 18.0 Å². The smallest absolute Gasteiger partial charge is 0.269 e. The molecule has 2 heterocycles. The summed E-state index contributed by atoms with van der Waals surface area (Å²) in [6.07, 6.45) is 3.90. The largest absolute Gasteiger partial charge is 0.331 e. The number of non-ortho nitro benzene ring substituents is 1. The van der Waals surface area contributed by atoms with Crippen molar-refractivity contribution >= 4 is 11.6 Å². The fourth-order valence-electron chi connectivity index (χ4n) is 3.06. The Morgan fingerprint density at radius 1 is 1.08 bits per heavy atom. The molecule has 0 radical (unpaired) electrons. The maximum atomic E-state index is 12.4. The first-order valence-electron chi connectivity index (χ1n) is 8.35. The van der Waals surface area contributed by atoms with Crippen LogP contribution in [-0.2, 0) is 17.8 Å². The number of carbonyl (C=O) groups excluding carboxylic acids is 1. The maximum absolute atomic E-state index is 12.4. The number of carbonyl (C=O) groups is 1. The molecule has 1 aliphatic rings. The van der Waals surface area contributed by atoms with E-state index in [2.05, 4.69) is 4.98 Å². The molecular formula is C18H21N4O3+. The molecule has 0 unspecified atom stereocenters. The molecule has 1 aromatic carbocycles. The molecule has 0 spiro atoms. The van der Waals surface area contributed by atoms with Crippen molar-refractivity contribution in [2.75, 3.05) is 26.2 Å². The topological polar surface area (TPSA) is 80.8 Å². The van der Waals surface area contributed by atoms with Gasteiger partial charge >= 0.3 is 0 Å². The Bertz CT molecular complexity index is 726. The van der Waals surface area contributed by atoms with Crippen molar-refractivity contribution in [3.8, 4) is 0 Å². The summed E-state index contributed by atoms with van der Waals surface area (Å²) in [7, 11) is 0. The summed E-state index contributed by atoms with van der Waals surface area (Å²) in [6.45, 7) is 4.29. The molecule has 7 heteroatoms. The van der Waals surface area contributed by atoms with Crippen LogP contribution in [0.3, 0.4) is 0 Å². The minimum absolute atomic E-state index is 0.0459. The standard InChI is InChI=1S/C18H20N4O3/c23-18(13-15-1-3-17(4-2-15)22(24)25)21-11-9-20(10-12-21)14-16-5-7-19-8-6-16/h1-8H,9-14H2/p+1. The predicted molar refractivity (Wildman–Crippen MR) is 92.0 cm³/mol. The average molecular weight is 341 g/mol. The highest BCUT2D eigenvalue weighted by atomic mass is 16.6. The predicted octanol–water partition coefficient (Wildman–Crippen LogP) is 0.460. The number of quaternary nitrogens is 1. The van der Waals surface area contributed by atoms with Crippen molar-refractivity contribution in [1.29, 1.82) is 0 Å². The van der Waals surface area contributed by atoms with Gasteiger partial charge in [-0.05, 0) is 17.7 Å². The molecule has 0 atom stereocenters. The van der Waals surface area contributed by atoms with Gasteiger partial charge in [0.25, 0.3) is 5.69 Å². The Morgan fingerprint density at radius 2 is 1.72 bits per heavy atom. The SMILES string of the molecule is O=C(Cc1ccc([N+](=O)[O-])cc1)N1CC[NH+](Cc2ccncc2)CC1. The van der Waals surface area contributed by atoms with Crippen LogP contribution in [0, 0.1) is 10.1 Å². The molecule has 1 fully saturated rings. The number of nitrogens with one attached hydrogen (secondary N) is 1. The van der Waals surface area contributed by atoms with E-state index in [0.29, 0.717) is 0 Å². The normalized spacial score (nSPS) is 15.1.